The van der Waals surface area contributed by atoms with Crippen molar-refractivity contribution >= 4 is 21.9 Å². The van der Waals surface area contributed by atoms with Crippen molar-refractivity contribution in [1.29, 1.82) is 0 Å². The Morgan fingerprint density at radius 3 is 2.76 bits per heavy atom. The molecule has 1 heterocycles. The summed E-state index contributed by atoms with van der Waals surface area (Å²) in [5.74, 6) is -2.49. The molecule has 0 unspecified atom stereocenters. The van der Waals surface area contributed by atoms with Gasteiger partial charge in [0.15, 0.2) is 11.5 Å². The number of hydrogen-bond acceptors (Lipinski definition) is 5. The molecule has 0 saturated carbocycles. The number of benzene rings is 1. The van der Waals surface area contributed by atoms with Gasteiger partial charge in [-0.25, -0.2) is 4.79 Å². The van der Waals surface area contributed by atoms with E-state index in [0.29, 0.717) is 0 Å². The number of phenolic OH excluding ortho intramolecular Hbond substituents is 1. The molecular weight excluding hydrogens is 306 g/mol. The molecule has 0 fully saturated rings. The van der Waals surface area contributed by atoms with Gasteiger partial charge in [0, 0.05) is 6.07 Å². The molecule has 1 aliphatic rings. The molecule has 0 amide bonds. The summed E-state index contributed by atoms with van der Waals surface area (Å²) in [4.78, 5) is 11.4. The maximum absolute atomic E-state index is 12.9. The lowest BCUT2D eigenvalue weighted by Crippen LogP contribution is -2.26. The topological polar surface area (TPSA) is 65.0 Å². The molecule has 8 heteroatoms. The highest BCUT2D eigenvalue weighted by molar-refractivity contribution is 9.10. The number of aromatic hydroxyl groups is 1. The summed E-state index contributed by atoms with van der Waals surface area (Å²) in [6, 6.07) is 1.07. The summed E-state index contributed by atoms with van der Waals surface area (Å²) in [5, 5.41) is 9.61. The summed E-state index contributed by atoms with van der Waals surface area (Å²) in [5.41, 5.74) is -0.519. The number of rotatable bonds is 1. The largest absolute Gasteiger partial charge is 0.586 e. The van der Waals surface area contributed by atoms with Gasteiger partial charge in [-0.15, -0.1) is 8.78 Å². The van der Waals surface area contributed by atoms with Gasteiger partial charge in [0.05, 0.1) is 11.6 Å². The minimum Gasteiger partial charge on any atom is -0.506 e. The molecule has 5 nitrogen and oxygen atoms in total. The van der Waals surface area contributed by atoms with Crippen molar-refractivity contribution < 1.29 is 32.9 Å². The Balaban J connectivity index is 2.64. The Morgan fingerprint density at radius 1 is 1.53 bits per heavy atom. The third-order valence-corrected chi connectivity index (χ3v) is 2.62. The van der Waals surface area contributed by atoms with Crippen LogP contribution in [0.15, 0.2) is 10.5 Å². The summed E-state index contributed by atoms with van der Waals surface area (Å²) in [6.07, 6.45) is -3.88. The number of phenols is 1. The molecule has 2 rings (SSSR count). The van der Waals surface area contributed by atoms with Crippen LogP contribution in [-0.4, -0.2) is 24.5 Å². The molecule has 0 spiro atoms. The zero-order chi connectivity index (χ0) is 12.8. The first-order chi connectivity index (χ1) is 7.85. The Kier molecular flexibility index (Phi) is 2.61. The van der Waals surface area contributed by atoms with E-state index < -0.39 is 29.3 Å². The molecular formula is C9H5BrF2O5. The number of carbonyl (C=O) groups excluding carboxylic acids is 1. The van der Waals surface area contributed by atoms with E-state index in [2.05, 4.69) is 30.1 Å². The molecule has 0 bridgehead atoms. The lowest BCUT2D eigenvalue weighted by molar-refractivity contribution is -0.286. The minimum atomic E-state index is -3.88. The van der Waals surface area contributed by atoms with E-state index in [4.69, 9.17) is 0 Å². The van der Waals surface area contributed by atoms with E-state index in [1.165, 1.54) is 0 Å². The Morgan fingerprint density at radius 2 is 2.18 bits per heavy atom. The van der Waals surface area contributed by atoms with Crippen molar-refractivity contribution in [3.8, 4) is 17.2 Å². The van der Waals surface area contributed by atoms with Gasteiger partial charge in [-0.3, -0.25) is 0 Å². The number of methoxy groups -OCH3 is 1. The van der Waals surface area contributed by atoms with Crippen LogP contribution in [0.4, 0.5) is 8.78 Å². The first-order valence-electron chi connectivity index (χ1n) is 4.25. The van der Waals surface area contributed by atoms with Crippen LogP contribution in [-0.2, 0) is 4.74 Å². The lowest BCUT2D eigenvalue weighted by Gasteiger charge is -2.07. The monoisotopic (exact) mass is 310 g/mol. The number of halogens is 3. The van der Waals surface area contributed by atoms with Gasteiger partial charge in [0.1, 0.15) is 11.3 Å². The fourth-order valence-corrected chi connectivity index (χ4v) is 1.74. The highest BCUT2D eigenvalue weighted by Crippen LogP contribution is 2.49. The first kappa shape index (κ1) is 11.9. The van der Waals surface area contributed by atoms with Crippen LogP contribution in [0, 0.1) is 0 Å². The van der Waals surface area contributed by atoms with E-state index in [0.717, 1.165) is 13.2 Å². The van der Waals surface area contributed by atoms with Gasteiger partial charge in [-0.2, -0.15) is 0 Å². The van der Waals surface area contributed by atoms with Crippen LogP contribution in [0.25, 0.3) is 0 Å². The molecule has 0 aromatic heterocycles. The molecule has 1 N–H and O–H groups in total. The molecule has 1 aromatic carbocycles. The van der Waals surface area contributed by atoms with Crippen molar-refractivity contribution in [2.45, 2.75) is 6.29 Å². The molecule has 17 heavy (non-hydrogen) atoms. The molecule has 1 aromatic rings. The average molecular weight is 311 g/mol. The Hall–Kier alpha value is -1.57. The number of hydrogen-bond donors (Lipinski definition) is 1. The Labute approximate surface area is 102 Å². The van der Waals surface area contributed by atoms with Crippen LogP contribution >= 0.6 is 15.9 Å². The second kappa shape index (κ2) is 3.73. The van der Waals surface area contributed by atoms with Gasteiger partial charge in [0.2, 0.25) is 0 Å². The number of alkyl halides is 2. The summed E-state index contributed by atoms with van der Waals surface area (Å²) in [6.45, 7) is 0. The number of esters is 1. The third-order valence-electron chi connectivity index (χ3n) is 2.01. The second-order valence-electron chi connectivity index (χ2n) is 3.07. The van der Waals surface area contributed by atoms with Crippen LogP contribution in [0.1, 0.15) is 10.4 Å². The maximum Gasteiger partial charge on any atom is 0.586 e. The van der Waals surface area contributed by atoms with Crippen molar-refractivity contribution in [2.24, 2.45) is 0 Å². The highest BCUT2D eigenvalue weighted by atomic mass is 79.9. The SMILES string of the molecule is COC(=O)c1c(O)c(Br)cc2c1OC(F)(F)O2. The average Bonchev–Trinajstić information content (AvgIpc) is 2.53. The van der Waals surface area contributed by atoms with Crippen LogP contribution in [0.5, 0.6) is 17.2 Å². The fourth-order valence-electron chi connectivity index (χ4n) is 1.34. The summed E-state index contributed by atoms with van der Waals surface area (Å²) < 4.78 is 38.4. The van der Waals surface area contributed by atoms with E-state index in [1.54, 1.807) is 0 Å². The quantitative estimate of drug-likeness (QED) is 0.806. The first-order valence-corrected chi connectivity index (χ1v) is 5.04. The van der Waals surface area contributed by atoms with E-state index in [1.807, 2.05) is 0 Å². The normalized spacial score (nSPS) is 15.8. The van der Waals surface area contributed by atoms with Crippen LogP contribution in [0.3, 0.4) is 0 Å². The van der Waals surface area contributed by atoms with Crippen molar-refractivity contribution in [2.75, 3.05) is 7.11 Å². The molecule has 0 saturated heterocycles. The smallest absolute Gasteiger partial charge is 0.506 e. The van der Waals surface area contributed by atoms with Crippen molar-refractivity contribution in [3.63, 3.8) is 0 Å². The Bertz CT molecular complexity index is 503. The molecule has 92 valence electrons. The molecule has 0 radical (unpaired) electrons. The third kappa shape index (κ3) is 1.88. The predicted molar refractivity (Wildman–Crippen MR) is 53.3 cm³/mol. The number of carbonyl (C=O) groups is 1. The van der Waals surface area contributed by atoms with Crippen LogP contribution in [0.2, 0.25) is 0 Å². The summed E-state index contributed by atoms with van der Waals surface area (Å²) in [7, 11) is 1.04. The standard InChI is InChI=1S/C9H5BrF2O5/c1-15-8(14)5-6(13)3(10)2-4-7(5)17-9(11,12)16-4/h2,13H,1H3. The van der Waals surface area contributed by atoms with E-state index in [-0.39, 0.29) is 10.2 Å². The van der Waals surface area contributed by atoms with E-state index in [9.17, 15) is 18.7 Å². The zero-order valence-corrected chi connectivity index (χ0v) is 9.88. The van der Waals surface area contributed by atoms with Gasteiger partial charge in [-0.05, 0) is 15.9 Å². The maximum atomic E-state index is 12.9. The van der Waals surface area contributed by atoms with Crippen molar-refractivity contribution in [3.05, 3.63) is 16.1 Å². The van der Waals surface area contributed by atoms with Crippen molar-refractivity contribution in [1.82, 2.24) is 0 Å². The fraction of sp³-hybridized carbons (Fsp3) is 0.222. The van der Waals surface area contributed by atoms with Gasteiger partial charge in [-0.1, -0.05) is 0 Å². The number of fused-ring (bicyclic) bond motifs is 1. The van der Waals surface area contributed by atoms with E-state index >= 15 is 0 Å². The number of ether oxygens (including phenoxy) is 3. The van der Waals surface area contributed by atoms with Crippen LogP contribution < -0.4 is 9.47 Å². The highest BCUT2D eigenvalue weighted by Gasteiger charge is 2.46. The molecule has 0 aliphatic carbocycles. The zero-order valence-electron chi connectivity index (χ0n) is 8.29. The summed E-state index contributed by atoms with van der Waals surface area (Å²) >= 11 is 2.90. The molecule has 1 aliphatic heterocycles. The molecule has 0 atom stereocenters. The van der Waals surface area contributed by atoms with Gasteiger partial charge in [0.25, 0.3) is 0 Å². The lowest BCUT2D eigenvalue weighted by atomic mass is 10.1. The second-order valence-corrected chi connectivity index (χ2v) is 3.92. The predicted octanol–water partition coefficient (Wildman–Crippen LogP) is 2.26. The van der Waals surface area contributed by atoms with Gasteiger partial charge < -0.3 is 19.3 Å². The van der Waals surface area contributed by atoms with Gasteiger partial charge >= 0.3 is 12.3 Å². The minimum absolute atomic E-state index is 0.0120.